The Morgan fingerprint density at radius 1 is 0.944 bits per heavy atom. The fourth-order valence-electron chi connectivity index (χ4n) is 0.925. The fourth-order valence-corrected chi connectivity index (χ4v) is 1.95. The Morgan fingerprint density at radius 3 is 1.78 bits per heavy atom. The second-order valence-corrected chi connectivity index (χ2v) is 4.61. The molecule has 9 heteroatoms. The molecule has 0 amide bonds. The van der Waals surface area contributed by atoms with Crippen LogP contribution in [0.1, 0.15) is 0 Å². The first-order valence-corrected chi connectivity index (χ1v) is 5.37. The van der Waals surface area contributed by atoms with Gasteiger partial charge in [-0.05, 0) is 30.3 Å². The van der Waals surface area contributed by atoms with Crippen molar-refractivity contribution >= 4 is 11.2 Å². The van der Waals surface area contributed by atoms with Crippen LogP contribution in [-0.4, -0.2) is 21.9 Å². The van der Waals surface area contributed by atoms with Gasteiger partial charge < -0.3 is 4.55 Å². The van der Waals surface area contributed by atoms with Gasteiger partial charge in [0.15, 0.2) is 4.90 Å². The van der Waals surface area contributed by atoms with E-state index >= 15 is 0 Å². The standard InChI is InChI=1S/C9H4F7OS/c10-7(11,8(12,13)14)9(15,16)18(17)6-4-2-1-3-5-6/h2-5H. The van der Waals surface area contributed by atoms with Gasteiger partial charge in [-0.25, -0.2) is 0 Å². The molecule has 0 aromatic heterocycles. The lowest BCUT2D eigenvalue weighted by Gasteiger charge is -2.28. The number of halogens is 7. The molecule has 1 radical (unpaired) electrons. The van der Waals surface area contributed by atoms with Gasteiger partial charge in [-0.2, -0.15) is 22.0 Å². The first kappa shape index (κ1) is 15.1. The van der Waals surface area contributed by atoms with Crippen LogP contribution < -0.4 is 0 Å². The van der Waals surface area contributed by atoms with E-state index in [1.165, 1.54) is 0 Å². The minimum Gasteiger partial charge on any atom is -0.607 e. The van der Waals surface area contributed by atoms with Crippen molar-refractivity contribution in [2.75, 3.05) is 0 Å². The van der Waals surface area contributed by atoms with E-state index in [1.54, 1.807) is 0 Å². The van der Waals surface area contributed by atoms with Crippen molar-refractivity contribution in [3.8, 4) is 0 Å². The van der Waals surface area contributed by atoms with Crippen molar-refractivity contribution in [2.24, 2.45) is 0 Å². The van der Waals surface area contributed by atoms with Gasteiger partial charge in [0.05, 0.1) is 11.2 Å². The van der Waals surface area contributed by atoms with E-state index in [1.807, 2.05) is 0 Å². The molecular weight excluding hydrogens is 289 g/mol. The highest BCUT2D eigenvalue weighted by molar-refractivity contribution is 7.92. The van der Waals surface area contributed by atoms with Gasteiger partial charge in [0, 0.05) is 0 Å². The van der Waals surface area contributed by atoms with E-state index in [4.69, 9.17) is 0 Å². The number of hydrogen-bond acceptors (Lipinski definition) is 1. The summed E-state index contributed by atoms with van der Waals surface area (Å²) in [5.74, 6) is -6.38. The molecular formula is C9H4F7OS. The van der Waals surface area contributed by atoms with Crippen LogP contribution in [0.4, 0.5) is 30.7 Å². The van der Waals surface area contributed by atoms with Crippen LogP contribution in [0.25, 0.3) is 0 Å². The van der Waals surface area contributed by atoms with E-state index in [-0.39, 0.29) is 0 Å². The van der Waals surface area contributed by atoms with Crippen molar-refractivity contribution in [1.82, 2.24) is 0 Å². The second kappa shape index (κ2) is 4.61. The molecule has 0 heterocycles. The van der Waals surface area contributed by atoms with Gasteiger partial charge in [0.25, 0.3) is 0 Å². The second-order valence-electron chi connectivity index (χ2n) is 3.09. The Morgan fingerprint density at radius 2 is 1.39 bits per heavy atom. The van der Waals surface area contributed by atoms with Crippen molar-refractivity contribution in [2.45, 2.75) is 22.2 Å². The van der Waals surface area contributed by atoms with E-state index in [2.05, 4.69) is 6.07 Å². The van der Waals surface area contributed by atoms with E-state index in [9.17, 15) is 35.3 Å². The SMILES string of the molecule is [O-][S+](c1cc[c]cc1)C(F)(F)C(F)(F)C(F)(F)F. The molecule has 0 aliphatic heterocycles. The molecule has 0 saturated heterocycles. The van der Waals surface area contributed by atoms with Gasteiger partial charge >= 0.3 is 17.4 Å². The molecule has 18 heavy (non-hydrogen) atoms. The Bertz CT molecular complexity index is 403. The smallest absolute Gasteiger partial charge is 0.486 e. The molecule has 1 nitrogen and oxygen atoms in total. The zero-order valence-electron chi connectivity index (χ0n) is 8.27. The van der Waals surface area contributed by atoms with Crippen LogP contribution in [0.3, 0.4) is 0 Å². The monoisotopic (exact) mass is 293 g/mol. The highest BCUT2D eigenvalue weighted by Gasteiger charge is 2.80. The van der Waals surface area contributed by atoms with Crippen LogP contribution >= 0.6 is 0 Å². The largest absolute Gasteiger partial charge is 0.607 e. The molecule has 1 aromatic rings. The van der Waals surface area contributed by atoms with Gasteiger partial charge in [-0.3, -0.25) is 0 Å². The molecule has 1 rings (SSSR count). The topological polar surface area (TPSA) is 23.1 Å². The van der Waals surface area contributed by atoms with Crippen LogP contribution in [0, 0.1) is 6.07 Å². The summed E-state index contributed by atoms with van der Waals surface area (Å²) >= 11 is -3.83. The Kier molecular flexibility index (Phi) is 3.87. The lowest BCUT2D eigenvalue weighted by Crippen LogP contribution is -2.55. The van der Waals surface area contributed by atoms with E-state index in [0.717, 1.165) is 24.3 Å². The van der Waals surface area contributed by atoms with Crippen LogP contribution in [-0.2, 0) is 11.2 Å². The maximum absolute atomic E-state index is 13.0. The summed E-state index contributed by atoms with van der Waals surface area (Å²) < 4.78 is 97.8. The molecule has 0 N–H and O–H groups in total. The lowest BCUT2D eigenvalue weighted by molar-refractivity contribution is -0.332. The van der Waals surface area contributed by atoms with Crippen LogP contribution in [0.15, 0.2) is 29.2 Å². The Balaban J connectivity index is 3.15. The van der Waals surface area contributed by atoms with Crippen molar-refractivity contribution in [1.29, 1.82) is 0 Å². The number of alkyl halides is 7. The predicted octanol–water partition coefficient (Wildman–Crippen LogP) is 3.38. The van der Waals surface area contributed by atoms with Gasteiger partial charge in [0.1, 0.15) is 0 Å². The van der Waals surface area contributed by atoms with Gasteiger partial charge in [0.2, 0.25) is 0 Å². The normalized spacial score (nSPS) is 15.6. The first-order chi connectivity index (χ1) is 8.02. The summed E-state index contributed by atoms with van der Waals surface area (Å²) in [5.41, 5.74) is 0. The average Bonchev–Trinajstić information content (AvgIpc) is 2.27. The molecule has 0 spiro atoms. The summed E-state index contributed by atoms with van der Waals surface area (Å²) in [5, 5.41) is -5.76. The van der Waals surface area contributed by atoms with Gasteiger partial charge in [-0.1, -0.05) is 0 Å². The summed E-state index contributed by atoms with van der Waals surface area (Å²) in [4.78, 5) is -0.845. The minimum atomic E-state index is -6.49. The van der Waals surface area contributed by atoms with E-state index in [0.29, 0.717) is 0 Å². The highest BCUT2D eigenvalue weighted by Crippen LogP contribution is 2.50. The number of rotatable bonds is 3. The molecule has 0 bridgehead atoms. The fraction of sp³-hybridized carbons (Fsp3) is 0.333. The molecule has 0 aliphatic carbocycles. The third kappa shape index (κ3) is 2.41. The third-order valence-electron chi connectivity index (χ3n) is 1.86. The predicted molar refractivity (Wildman–Crippen MR) is 47.6 cm³/mol. The van der Waals surface area contributed by atoms with Crippen molar-refractivity contribution < 1.29 is 35.3 Å². The van der Waals surface area contributed by atoms with Crippen LogP contribution in [0.5, 0.6) is 0 Å². The van der Waals surface area contributed by atoms with Gasteiger partial charge in [-0.15, -0.1) is 8.78 Å². The summed E-state index contributed by atoms with van der Waals surface area (Å²) in [6.45, 7) is 0. The average molecular weight is 293 g/mol. The molecule has 1 atom stereocenters. The van der Waals surface area contributed by atoms with Crippen molar-refractivity contribution in [3.05, 3.63) is 30.3 Å². The zero-order chi connectivity index (χ0) is 14.2. The maximum atomic E-state index is 13.0. The van der Waals surface area contributed by atoms with Crippen LogP contribution in [0.2, 0.25) is 0 Å². The highest BCUT2D eigenvalue weighted by atomic mass is 32.2. The molecule has 0 fully saturated rings. The minimum absolute atomic E-state index is 0.719. The summed E-state index contributed by atoms with van der Waals surface area (Å²) in [6, 6.07) is 5.69. The molecule has 101 valence electrons. The summed E-state index contributed by atoms with van der Waals surface area (Å²) in [7, 11) is 0. The molecule has 0 saturated carbocycles. The number of hydrogen-bond donors (Lipinski definition) is 0. The number of benzene rings is 1. The first-order valence-electron chi connectivity index (χ1n) is 4.22. The summed E-state index contributed by atoms with van der Waals surface area (Å²) in [6.07, 6.45) is -6.49. The molecule has 1 aromatic carbocycles. The Hall–Kier alpha value is -0.960. The molecule has 1 unspecified atom stereocenters. The third-order valence-corrected chi connectivity index (χ3v) is 3.28. The van der Waals surface area contributed by atoms with E-state index < -0.39 is 33.4 Å². The quantitative estimate of drug-likeness (QED) is 0.619. The Labute approximate surface area is 99.8 Å². The lowest BCUT2D eigenvalue weighted by atomic mass is 10.3. The molecule has 0 aliphatic rings. The maximum Gasteiger partial charge on any atom is 0.486 e. The zero-order valence-corrected chi connectivity index (χ0v) is 9.09. The van der Waals surface area contributed by atoms with Crippen molar-refractivity contribution in [3.63, 3.8) is 0 Å².